The van der Waals surface area contributed by atoms with Crippen molar-refractivity contribution in [1.82, 2.24) is 15.2 Å². The van der Waals surface area contributed by atoms with Gasteiger partial charge in [-0.2, -0.15) is 5.10 Å². The van der Waals surface area contributed by atoms with Crippen LogP contribution >= 0.6 is 11.8 Å². The van der Waals surface area contributed by atoms with Crippen LogP contribution in [0.15, 0.2) is 29.7 Å². The molecule has 0 spiro atoms. The maximum Gasteiger partial charge on any atom is 0.183 e. The molecule has 1 aromatic carbocycles. The Morgan fingerprint density at radius 2 is 2.33 bits per heavy atom. The second kappa shape index (κ2) is 6.19. The Hall–Kier alpha value is -1.84. The largest absolute Gasteiger partial charge is 0.320 e. The maximum atomic E-state index is 13.7. The highest BCUT2D eigenvalue weighted by Crippen LogP contribution is 2.20. The summed E-state index contributed by atoms with van der Waals surface area (Å²) in [5.74, 6) is 5.70. The van der Waals surface area contributed by atoms with Gasteiger partial charge in [-0.05, 0) is 17.7 Å². The number of aromatic amines is 1. The van der Waals surface area contributed by atoms with E-state index in [1.165, 1.54) is 24.2 Å². The van der Waals surface area contributed by atoms with E-state index in [1.54, 1.807) is 12.1 Å². The molecule has 18 heavy (non-hydrogen) atoms. The van der Waals surface area contributed by atoms with E-state index in [1.807, 2.05) is 0 Å². The number of nitrogens with two attached hydrogens (primary N) is 1. The van der Waals surface area contributed by atoms with Gasteiger partial charge in [-0.25, -0.2) is 9.37 Å². The quantitative estimate of drug-likeness (QED) is 0.650. The van der Waals surface area contributed by atoms with Crippen LogP contribution in [0.2, 0.25) is 0 Å². The highest BCUT2D eigenvalue weighted by Gasteiger charge is 2.05. The van der Waals surface area contributed by atoms with Crippen molar-refractivity contribution in [2.45, 2.75) is 10.9 Å². The zero-order valence-corrected chi connectivity index (χ0v) is 10.3. The van der Waals surface area contributed by atoms with Crippen molar-refractivity contribution < 1.29 is 4.39 Å². The third-order valence-electron chi connectivity index (χ3n) is 2.15. The maximum absolute atomic E-state index is 13.7. The SMILES string of the molecule is NCC#Cc1ccc(CSc2ncn[nH]2)c(F)c1. The van der Waals surface area contributed by atoms with Crippen molar-refractivity contribution in [3.8, 4) is 11.8 Å². The molecule has 1 aromatic heterocycles. The van der Waals surface area contributed by atoms with E-state index in [4.69, 9.17) is 5.73 Å². The molecule has 0 aliphatic carbocycles. The lowest BCUT2D eigenvalue weighted by molar-refractivity contribution is 0.617. The summed E-state index contributed by atoms with van der Waals surface area (Å²) >= 11 is 1.39. The second-order valence-electron chi connectivity index (χ2n) is 3.39. The summed E-state index contributed by atoms with van der Waals surface area (Å²) in [4.78, 5) is 3.96. The van der Waals surface area contributed by atoms with E-state index in [9.17, 15) is 4.39 Å². The van der Waals surface area contributed by atoms with Crippen molar-refractivity contribution in [1.29, 1.82) is 0 Å². The number of hydrogen-bond donors (Lipinski definition) is 2. The molecule has 0 aliphatic rings. The summed E-state index contributed by atoms with van der Waals surface area (Å²) < 4.78 is 13.7. The van der Waals surface area contributed by atoms with Crippen molar-refractivity contribution in [3.63, 3.8) is 0 Å². The van der Waals surface area contributed by atoms with Gasteiger partial charge in [0.25, 0.3) is 0 Å². The molecule has 1 heterocycles. The van der Waals surface area contributed by atoms with Gasteiger partial charge in [0.05, 0.1) is 6.54 Å². The predicted octanol–water partition coefficient (Wildman–Crippen LogP) is 1.55. The zero-order chi connectivity index (χ0) is 12.8. The molecule has 3 N–H and O–H groups in total. The van der Waals surface area contributed by atoms with E-state index < -0.39 is 0 Å². The predicted molar refractivity (Wildman–Crippen MR) is 68.3 cm³/mol. The van der Waals surface area contributed by atoms with Crippen LogP contribution in [-0.2, 0) is 5.75 Å². The molecule has 0 radical (unpaired) electrons. The number of benzene rings is 1. The first kappa shape index (κ1) is 12.6. The number of nitrogens with one attached hydrogen (secondary N) is 1. The molecular formula is C12H11FN4S. The second-order valence-corrected chi connectivity index (χ2v) is 4.36. The minimum Gasteiger partial charge on any atom is -0.320 e. The summed E-state index contributed by atoms with van der Waals surface area (Å²) in [6.45, 7) is 0.269. The Labute approximate surface area is 108 Å². The normalized spacial score (nSPS) is 9.89. The molecule has 0 saturated carbocycles. The highest BCUT2D eigenvalue weighted by atomic mass is 32.2. The molecule has 92 valence electrons. The van der Waals surface area contributed by atoms with Crippen LogP contribution in [0.5, 0.6) is 0 Å². The summed E-state index contributed by atoms with van der Waals surface area (Å²) in [7, 11) is 0. The Morgan fingerprint density at radius 1 is 1.44 bits per heavy atom. The number of halogens is 1. The highest BCUT2D eigenvalue weighted by molar-refractivity contribution is 7.98. The van der Waals surface area contributed by atoms with E-state index in [0.29, 0.717) is 22.0 Å². The van der Waals surface area contributed by atoms with Crippen molar-refractivity contribution >= 4 is 11.8 Å². The fourth-order valence-corrected chi connectivity index (χ4v) is 2.07. The Morgan fingerprint density at radius 3 is 3.00 bits per heavy atom. The zero-order valence-electron chi connectivity index (χ0n) is 9.48. The van der Waals surface area contributed by atoms with Crippen LogP contribution in [0, 0.1) is 17.7 Å². The van der Waals surface area contributed by atoms with Crippen molar-refractivity contribution in [2.24, 2.45) is 5.73 Å². The molecule has 2 rings (SSSR count). The average molecular weight is 262 g/mol. The van der Waals surface area contributed by atoms with Crippen LogP contribution in [0.4, 0.5) is 4.39 Å². The Balaban J connectivity index is 2.05. The molecule has 6 heteroatoms. The lowest BCUT2D eigenvalue weighted by Gasteiger charge is -2.01. The van der Waals surface area contributed by atoms with Gasteiger partial charge >= 0.3 is 0 Å². The molecule has 0 fully saturated rings. The summed E-state index contributed by atoms with van der Waals surface area (Å²) in [5, 5.41) is 7.10. The van der Waals surface area contributed by atoms with Crippen LogP contribution in [-0.4, -0.2) is 21.7 Å². The molecular weight excluding hydrogens is 251 g/mol. The Kier molecular flexibility index (Phi) is 4.34. The lowest BCUT2D eigenvalue weighted by Crippen LogP contribution is -1.94. The number of nitrogens with zero attached hydrogens (tertiary/aromatic N) is 2. The number of H-pyrrole nitrogens is 1. The van der Waals surface area contributed by atoms with E-state index in [2.05, 4.69) is 27.0 Å². The van der Waals surface area contributed by atoms with E-state index in [-0.39, 0.29) is 12.4 Å². The monoisotopic (exact) mass is 262 g/mol. The van der Waals surface area contributed by atoms with E-state index >= 15 is 0 Å². The molecule has 2 aromatic rings. The Bertz CT molecular complexity index is 572. The van der Waals surface area contributed by atoms with Gasteiger partial charge in [0.1, 0.15) is 12.1 Å². The number of hydrogen-bond acceptors (Lipinski definition) is 4. The van der Waals surface area contributed by atoms with Gasteiger partial charge in [0.2, 0.25) is 0 Å². The van der Waals surface area contributed by atoms with Gasteiger partial charge < -0.3 is 5.73 Å². The van der Waals surface area contributed by atoms with Crippen molar-refractivity contribution in [2.75, 3.05) is 6.54 Å². The molecule has 0 bridgehead atoms. The molecule has 4 nitrogen and oxygen atoms in total. The van der Waals surface area contributed by atoms with Crippen LogP contribution < -0.4 is 5.73 Å². The van der Waals surface area contributed by atoms with Crippen molar-refractivity contribution in [3.05, 3.63) is 41.5 Å². The third-order valence-corrected chi connectivity index (χ3v) is 3.07. The van der Waals surface area contributed by atoms with Crippen LogP contribution in [0.1, 0.15) is 11.1 Å². The van der Waals surface area contributed by atoms with E-state index in [0.717, 1.165) is 0 Å². The first-order chi connectivity index (χ1) is 8.79. The fourth-order valence-electron chi connectivity index (χ4n) is 1.31. The third kappa shape index (κ3) is 3.32. The van der Waals surface area contributed by atoms with Gasteiger partial charge in [0, 0.05) is 11.3 Å². The molecule has 0 amide bonds. The van der Waals surface area contributed by atoms with Gasteiger partial charge in [-0.1, -0.05) is 29.7 Å². The lowest BCUT2D eigenvalue weighted by atomic mass is 10.1. The molecule has 0 unspecified atom stereocenters. The minimum atomic E-state index is -0.272. The molecule has 0 saturated heterocycles. The van der Waals surface area contributed by atoms with Gasteiger partial charge in [-0.15, -0.1) is 0 Å². The fraction of sp³-hybridized carbons (Fsp3) is 0.167. The smallest absolute Gasteiger partial charge is 0.183 e. The van der Waals surface area contributed by atoms with Crippen LogP contribution in [0.3, 0.4) is 0 Å². The first-order valence-electron chi connectivity index (χ1n) is 5.25. The molecule has 0 atom stereocenters. The standard InChI is InChI=1S/C12H11FN4S/c13-11-6-9(2-1-5-14)3-4-10(11)7-18-12-15-8-16-17-12/h3-4,6,8H,5,7,14H2,(H,15,16,17). The minimum absolute atomic E-state index is 0.269. The topological polar surface area (TPSA) is 67.6 Å². The number of rotatable bonds is 3. The summed E-state index contributed by atoms with van der Waals surface area (Å²) in [6.07, 6.45) is 1.42. The van der Waals surface area contributed by atoms with Crippen LogP contribution in [0.25, 0.3) is 0 Å². The van der Waals surface area contributed by atoms with Gasteiger partial charge in [-0.3, -0.25) is 5.10 Å². The summed E-state index contributed by atoms with van der Waals surface area (Å²) in [5.41, 5.74) is 6.50. The summed E-state index contributed by atoms with van der Waals surface area (Å²) in [6, 6.07) is 4.92. The number of thioether (sulfide) groups is 1. The molecule has 0 aliphatic heterocycles. The van der Waals surface area contributed by atoms with Gasteiger partial charge in [0.15, 0.2) is 5.16 Å². The first-order valence-corrected chi connectivity index (χ1v) is 6.23. The average Bonchev–Trinajstić information content (AvgIpc) is 2.88. The number of aromatic nitrogens is 3.